The molecule has 1 aliphatic rings. The van der Waals surface area contributed by atoms with Gasteiger partial charge in [0.1, 0.15) is 17.5 Å². The van der Waals surface area contributed by atoms with Gasteiger partial charge in [0.15, 0.2) is 0 Å². The van der Waals surface area contributed by atoms with Crippen LogP contribution in [0.4, 0.5) is 11.6 Å². The van der Waals surface area contributed by atoms with E-state index in [4.69, 9.17) is 0 Å². The Kier molecular flexibility index (Phi) is 4.00. The predicted molar refractivity (Wildman–Crippen MR) is 79.7 cm³/mol. The average Bonchev–Trinajstić information content (AvgIpc) is 3.18. The van der Waals surface area contributed by atoms with E-state index in [2.05, 4.69) is 40.7 Å². The van der Waals surface area contributed by atoms with Crippen LogP contribution in [-0.4, -0.2) is 34.6 Å². The summed E-state index contributed by atoms with van der Waals surface area (Å²) >= 11 is 1.96. The van der Waals surface area contributed by atoms with Crippen molar-refractivity contribution in [2.75, 3.05) is 30.5 Å². The molecule has 2 N–H and O–H groups in total. The summed E-state index contributed by atoms with van der Waals surface area (Å²) in [5.74, 6) is 2.80. The SMILES string of the molecule is CCc1nc(NC)c(C)c(NCC2(SC)CC2)n1. The second-order valence-electron chi connectivity index (χ2n) is 4.81. The van der Waals surface area contributed by atoms with E-state index < -0.39 is 0 Å². The molecule has 4 nitrogen and oxygen atoms in total. The van der Waals surface area contributed by atoms with Gasteiger partial charge in [0.25, 0.3) is 0 Å². The zero-order chi connectivity index (χ0) is 13.2. The monoisotopic (exact) mass is 266 g/mol. The van der Waals surface area contributed by atoms with E-state index in [9.17, 15) is 0 Å². The Morgan fingerprint density at radius 1 is 1.28 bits per heavy atom. The number of hydrogen-bond donors (Lipinski definition) is 2. The Morgan fingerprint density at radius 2 is 1.94 bits per heavy atom. The number of rotatable bonds is 6. The van der Waals surface area contributed by atoms with Crippen molar-refractivity contribution in [3.63, 3.8) is 0 Å². The van der Waals surface area contributed by atoms with E-state index in [-0.39, 0.29) is 0 Å². The van der Waals surface area contributed by atoms with Crippen molar-refractivity contribution < 1.29 is 0 Å². The van der Waals surface area contributed by atoms with Crippen LogP contribution in [0, 0.1) is 6.92 Å². The molecule has 1 aromatic rings. The summed E-state index contributed by atoms with van der Waals surface area (Å²) in [7, 11) is 1.91. The molecule has 1 aliphatic carbocycles. The quantitative estimate of drug-likeness (QED) is 0.829. The first-order chi connectivity index (χ1) is 8.64. The minimum Gasteiger partial charge on any atom is -0.373 e. The van der Waals surface area contributed by atoms with E-state index in [0.717, 1.165) is 36.0 Å². The van der Waals surface area contributed by atoms with Crippen LogP contribution in [0.5, 0.6) is 0 Å². The minimum atomic E-state index is 0.448. The molecule has 5 heteroatoms. The first-order valence-corrected chi connectivity index (χ1v) is 7.71. The lowest BCUT2D eigenvalue weighted by Gasteiger charge is -2.17. The molecule has 0 amide bonds. The molecule has 0 aromatic carbocycles. The van der Waals surface area contributed by atoms with Crippen LogP contribution in [0.2, 0.25) is 0 Å². The zero-order valence-corrected chi connectivity index (χ0v) is 12.4. The van der Waals surface area contributed by atoms with Gasteiger partial charge in [-0.25, -0.2) is 9.97 Å². The topological polar surface area (TPSA) is 49.8 Å². The number of aryl methyl sites for hydroxylation is 1. The Hall–Kier alpha value is -0.970. The van der Waals surface area contributed by atoms with E-state index in [0.29, 0.717) is 4.75 Å². The normalized spacial score (nSPS) is 16.4. The lowest BCUT2D eigenvalue weighted by Crippen LogP contribution is -2.19. The zero-order valence-electron chi connectivity index (χ0n) is 11.6. The van der Waals surface area contributed by atoms with Crippen molar-refractivity contribution in [1.82, 2.24) is 9.97 Å². The van der Waals surface area contributed by atoms with Gasteiger partial charge in [0.05, 0.1) is 0 Å². The molecular weight excluding hydrogens is 244 g/mol. The van der Waals surface area contributed by atoms with Crippen molar-refractivity contribution in [1.29, 1.82) is 0 Å². The van der Waals surface area contributed by atoms with Crippen LogP contribution in [0.1, 0.15) is 31.2 Å². The van der Waals surface area contributed by atoms with Gasteiger partial charge in [-0.05, 0) is 26.0 Å². The molecule has 100 valence electrons. The molecule has 1 aromatic heterocycles. The van der Waals surface area contributed by atoms with Crippen LogP contribution >= 0.6 is 11.8 Å². The molecule has 1 heterocycles. The number of nitrogens with zero attached hydrogens (tertiary/aromatic N) is 2. The maximum atomic E-state index is 4.59. The standard InChI is InChI=1S/C13H22N4S/c1-5-10-16-11(14-3)9(2)12(17-10)15-8-13(18-4)6-7-13/h5-8H2,1-4H3,(H2,14,15,16,17). The molecule has 0 saturated heterocycles. The third-order valence-electron chi connectivity index (χ3n) is 3.56. The minimum absolute atomic E-state index is 0.448. The summed E-state index contributed by atoms with van der Waals surface area (Å²) in [6, 6.07) is 0. The highest BCUT2D eigenvalue weighted by molar-refractivity contribution is 8.00. The van der Waals surface area contributed by atoms with E-state index in [1.807, 2.05) is 18.8 Å². The van der Waals surface area contributed by atoms with Crippen LogP contribution in [-0.2, 0) is 6.42 Å². The van der Waals surface area contributed by atoms with Gasteiger partial charge in [0, 0.05) is 30.3 Å². The van der Waals surface area contributed by atoms with Crippen molar-refractivity contribution in [3.8, 4) is 0 Å². The third-order valence-corrected chi connectivity index (χ3v) is 4.98. The lowest BCUT2D eigenvalue weighted by molar-refractivity contribution is 0.899. The summed E-state index contributed by atoms with van der Waals surface area (Å²) < 4.78 is 0.448. The van der Waals surface area contributed by atoms with Crippen molar-refractivity contribution in [2.45, 2.75) is 37.9 Å². The summed E-state index contributed by atoms with van der Waals surface area (Å²) in [5.41, 5.74) is 1.10. The second kappa shape index (κ2) is 5.34. The Labute approximate surface area is 113 Å². The molecule has 0 spiro atoms. The van der Waals surface area contributed by atoms with Gasteiger partial charge in [-0.15, -0.1) is 0 Å². The number of aromatic nitrogens is 2. The number of nitrogens with one attached hydrogen (secondary N) is 2. The second-order valence-corrected chi connectivity index (χ2v) is 6.08. The van der Waals surface area contributed by atoms with Crippen molar-refractivity contribution in [3.05, 3.63) is 11.4 Å². The molecular formula is C13H22N4S. The fourth-order valence-electron chi connectivity index (χ4n) is 1.97. The summed E-state index contributed by atoms with van der Waals surface area (Å²) in [4.78, 5) is 9.08. The molecule has 1 fully saturated rings. The number of thioether (sulfide) groups is 1. The van der Waals surface area contributed by atoms with Crippen LogP contribution in [0.3, 0.4) is 0 Å². The highest BCUT2D eigenvalue weighted by atomic mass is 32.2. The van der Waals surface area contributed by atoms with Gasteiger partial charge >= 0.3 is 0 Å². The molecule has 0 unspecified atom stereocenters. The highest BCUT2D eigenvalue weighted by Gasteiger charge is 2.41. The Bertz CT molecular complexity index is 429. The predicted octanol–water partition coefficient (Wildman–Crippen LogP) is 2.70. The van der Waals surface area contributed by atoms with Gasteiger partial charge in [-0.2, -0.15) is 11.8 Å². The summed E-state index contributed by atoms with van der Waals surface area (Å²) in [5, 5.41) is 6.64. The first-order valence-electron chi connectivity index (χ1n) is 6.48. The number of hydrogen-bond acceptors (Lipinski definition) is 5. The van der Waals surface area contributed by atoms with Crippen LogP contribution in [0.25, 0.3) is 0 Å². The smallest absolute Gasteiger partial charge is 0.134 e. The molecule has 0 bridgehead atoms. The summed E-state index contributed by atoms with van der Waals surface area (Å²) in [6.07, 6.45) is 5.67. The maximum Gasteiger partial charge on any atom is 0.134 e. The van der Waals surface area contributed by atoms with Gasteiger partial charge < -0.3 is 10.6 Å². The largest absolute Gasteiger partial charge is 0.373 e. The lowest BCUT2D eigenvalue weighted by atomic mass is 10.2. The van der Waals surface area contributed by atoms with E-state index in [1.165, 1.54) is 12.8 Å². The van der Waals surface area contributed by atoms with Gasteiger partial charge in [0.2, 0.25) is 0 Å². The molecule has 0 radical (unpaired) electrons. The highest BCUT2D eigenvalue weighted by Crippen LogP contribution is 2.47. The average molecular weight is 266 g/mol. The maximum absolute atomic E-state index is 4.59. The molecule has 1 saturated carbocycles. The van der Waals surface area contributed by atoms with Crippen molar-refractivity contribution in [2.24, 2.45) is 0 Å². The fourth-order valence-corrected chi connectivity index (χ4v) is 2.70. The molecule has 18 heavy (non-hydrogen) atoms. The van der Waals surface area contributed by atoms with Crippen molar-refractivity contribution >= 4 is 23.4 Å². The molecule has 0 aliphatic heterocycles. The Morgan fingerprint density at radius 3 is 2.44 bits per heavy atom. The third kappa shape index (κ3) is 2.71. The van der Waals surface area contributed by atoms with Gasteiger partial charge in [-0.1, -0.05) is 6.92 Å². The fraction of sp³-hybridized carbons (Fsp3) is 0.692. The summed E-state index contributed by atoms with van der Waals surface area (Å²) in [6.45, 7) is 5.14. The molecule has 2 rings (SSSR count). The first kappa shape index (κ1) is 13.5. The number of anilines is 2. The molecule has 0 atom stereocenters. The Balaban J connectivity index is 2.15. The van der Waals surface area contributed by atoms with E-state index >= 15 is 0 Å². The van der Waals surface area contributed by atoms with Gasteiger partial charge in [-0.3, -0.25) is 0 Å². The van der Waals surface area contributed by atoms with Crippen LogP contribution < -0.4 is 10.6 Å². The van der Waals surface area contributed by atoms with E-state index in [1.54, 1.807) is 0 Å². The van der Waals surface area contributed by atoms with Crippen LogP contribution in [0.15, 0.2) is 0 Å².